The van der Waals surface area contributed by atoms with Crippen molar-refractivity contribution in [1.82, 2.24) is 9.80 Å². The van der Waals surface area contributed by atoms with E-state index in [2.05, 4.69) is 17.5 Å². The van der Waals surface area contributed by atoms with E-state index < -0.39 is 0 Å². The molecule has 0 atom stereocenters. The Labute approximate surface area is 117 Å². The van der Waals surface area contributed by atoms with E-state index in [1.165, 1.54) is 11.3 Å². The Balaban J connectivity index is 1.95. The third kappa shape index (κ3) is 3.47. The molecule has 100 valence electrons. The highest BCUT2D eigenvalue weighted by molar-refractivity contribution is 7.80. The molecule has 4 nitrogen and oxygen atoms in total. The number of aliphatic hydroxyl groups is 1. The SMILES string of the molecule is O=C(c1cc(S)cs1)N1CCCN(CCO)CC1. The Bertz CT molecular complexity index is 409. The number of aliphatic hydroxyl groups excluding tert-OH is 1. The van der Waals surface area contributed by atoms with E-state index >= 15 is 0 Å². The lowest BCUT2D eigenvalue weighted by Crippen LogP contribution is -2.35. The van der Waals surface area contributed by atoms with Crippen LogP contribution < -0.4 is 0 Å². The van der Waals surface area contributed by atoms with Crippen LogP contribution in [0, 0.1) is 0 Å². The monoisotopic (exact) mass is 286 g/mol. The van der Waals surface area contributed by atoms with E-state index in [9.17, 15) is 4.79 Å². The molecule has 2 rings (SSSR count). The predicted molar refractivity (Wildman–Crippen MR) is 75.6 cm³/mol. The smallest absolute Gasteiger partial charge is 0.264 e. The first kappa shape index (κ1) is 13.9. The molecule has 1 N–H and O–H groups in total. The second-order valence-electron chi connectivity index (χ2n) is 4.38. The number of nitrogens with zero attached hydrogens (tertiary/aromatic N) is 2. The highest BCUT2D eigenvalue weighted by atomic mass is 32.1. The van der Waals surface area contributed by atoms with Crippen LogP contribution in [0.15, 0.2) is 16.3 Å². The molecule has 6 heteroatoms. The minimum absolute atomic E-state index is 0.103. The molecule has 0 aromatic carbocycles. The topological polar surface area (TPSA) is 43.8 Å². The summed E-state index contributed by atoms with van der Waals surface area (Å²) >= 11 is 5.68. The fourth-order valence-electron chi connectivity index (χ4n) is 2.13. The van der Waals surface area contributed by atoms with Gasteiger partial charge in [-0.15, -0.1) is 24.0 Å². The summed E-state index contributed by atoms with van der Waals surface area (Å²) in [7, 11) is 0. The standard InChI is InChI=1S/C12H18N2O2S2/c15-7-6-13-2-1-3-14(5-4-13)12(16)11-8-10(17)9-18-11/h8-9,15,17H,1-7H2. The Kier molecular flexibility index (Phi) is 5.05. The highest BCUT2D eigenvalue weighted by Crippen LogP contribution is 2.20. The zero-order chi connectivity index (χ0) is 13.0. The first-order valence-electron chi connectivity index (χ1n) is 6.10. The quantitative estimate of drug-likeness (QED) is 0.820. The van der Waals surface area contributed by atoms with Crippen LogP contribution in [0.25, 0.3) is 0 Å². The maximum atomic E-state index is 12.3. The van der Waals surface area contributed by atoms with Crippen LogP contribution in [-0.2, 0) is 0 Å². The van der Waals surface area contributed by atoms with Crippen LogP contribution in [0.5, 0.6) is 0 Å². The van der Waals surface area contributed by atoms with Gasteiger partial charge in [0, 0.05) is 36.5 Å². The number of carbonyl (C=O) groups is 1. The molecule has 2 heterocycles. The molecule has 0 bridgehead atoms. The molecule has 1 aliphatic heterocycles. The number of thiol groups is 1. The van der Waals surface area contributed by atoms with Gasteiger partial charge in [0.05, 0.1) is 11.5 Å². The summed E-state index contributed by atoms with van der Waals surface area (Å²) in [5.74, 6) is 0.103. The number of carbonyl (C=O) groups excluding carboxylic acids is 1. The van der Waals surface area contributed by atoms with E-state index in [0.29, 0.717) is 6.54 Å². The minimum Gasteiger partial charge on any atom is -0.395 e. The normalized spacial score (nSPS) is 17.8. The fraction of sp³-hybridized carbons (Fsp3) is 0.583. The Morgan fingerprint density at radius 2 is 2.22 bits per heavy atom. The van der Waals surface area contributed by atoms with Crippen LogP contribution in [0.3, 0.4) is 0 Å². The van der Waals surface area contributed by atoms with Gasteiger partial charge in [-0.05, 0) is 19.0 Å². The van der Waals surface area contributed by atoms with Crippen molar-refractivity contribution in [1.29, 1.82) is 0 Å². The van der Waals surface area contributed by atoms with Crippen molar-refractivity contribution in [2.24, 2.45) is 0 Å². The molecule has 0 unspecified atom stereocenters. The summed E-state index contributed by atoms with van der Waals surface area (Å²) in [4.78, 5) is 18.0. The molecule has 1 aromatic rings. The molecule has 1 fully saturated rings. The lowest BCUT2D eigenvalue weighted by molar-refractivity contribution is 0.0765. The predicted octanol–water partition coefficient (Wildman–Crippen LogP) is 1.18. The molecule has 0 radical (unpaired) electrons. The third-order valence-electron chi connectivity index (χ3n) is 3.09. The van der Waals surface area contributed by atoms with E-state index in [1.807, 2.05) is 16.3 Å². The van der Waals surface area contributed by atoms with Gasteiger partial charge in [-0.25, -0.2) is 0 Å². The molecule has 18 heavy (non-hydrogen) atoms. The maximum absolute atomic E-state index is 12.3. The molecular formula is C12H18N2O2S2. The number of thiophene rings is 1. The van der Waals surface area contributed by atoms with E-state index in [-0.39, 0.29) is 12.5 Å². The van der Waals surface area contributed by atoms with Crippen molar-refractivity contribution in [3.05, 3.63) is 16.3 Å². The summed E-state index contributed by atoms with van der Waals surface area (Å²) < 4.78 is 0. The zero-order valence-electron chi connectivity index (χ0n) is 10.2. The molecular weight excluding hydrogens is 268 g/mol. The van der Waals surface area contributed by atoms with Gasteiger partial charge in [0.2, 0.25) is 0 Å². The van der Waals surface area contributed by atoms with Gasteiger partial charge in [-0.3, -0.25) is 9.69 Å². The van der Waals surface area contributed by atoms with Gasteiger partial charge in [-0.1, -0.05) is 0 Å². The Morgan fingerprint density at radius 1 is 1.39 bits per heavy atom. The lowest BCUT2D eigenvalue weighted by atomic mass is 10.3. The second kappa shape index (κ2) is 6.56. The summed E-state index contributed by atoms with van der Waals surface area (Å²) in [5, 5.41) is 10.8. The molecule has 1 saturated heterocycles. The Hall–Kier alpha value is -0.560. The van der Waals surface area contributed by atoms with E-state index in [4.69, 9.17) is 5.11 Å². The largest absolute Gasteiger partial charge is 0.395 e. The number of amides is 1. The van der Waals surface area contributed by atoms with Gasteiger partial charge in [-0.2, -0.15) is 0 Å². The molecule has 1 amide bonds. The summed E-state index contributed by atoms with van der Waals surface area (Å²) in [5.41, 5.74) is 0. The Morgan fingerprint density at radius 3 is 2.89 bits per heavy atom. The average molecular weight is 286 g/mol. The lowest BCUT2D eigenvalue weighted by Gasteiger charge is -2.20. The van der Waals surface area contributed by atoms with Gasteiger partial charge in [0.25, 0.3) is 5.91 Å². The van der Waals surface area contributed by atoms with Crippen molar-refractivity contribution in [3.8, 4) is 0 Å². The van der Waals surface area contributed by atoms with Gasteiger partial charge in [0.1, 0.15) is 0 Å². The van der Waals surface area contributed by atoms with Gasteiger partial charge in [0.15, 0.2) is 0 Å². The molecule has 1 aliphatic rings. The molecule has 0 spiro atoms. The summed E-state index contributed by atoms with van der Waals surface area (Å²) in [6.45, 7) is 4.20. The van der Waals surface area contributed by atoms with Gasteiger partial charge < -0.3 is 10.0 Å². The average Bonchev–Trinajstić information content (AvgIpc) is 2.65. The zero-order valence-corrected chi connectivity index (χ0v) is 11.9. The molecule has 0 saturated carbocycles. The van der Waals surface area contributed by atoms with Crippen molar-refractivity contribution in [2.45, 2.75) is 11.3 Å². The van der Waals surface area contributed by atoms with Crippen molar-refractivity contribution in [2.75, 3.05) is 39.3 Å². The van der Waals surface area contributed by atoms with Crippen molar-refractivity contribution in [3.63, 3.8) is 0 Å². The molecule has 1 aromatic heterocycles. The third-order valence-corrected chi connectivity index (χ3v) is 4.44. The summed E-state index contributed by atoms with van der Waals surface area (Å²) in [6, 6.07) is 1.83. The number of rotatable bonds is 3. The van der Waals surface area contributed by atoms with Crippen LogP contribution in [0.2, 0.25) is 0 Å². The van der Waals surface area contributed by atoms with E-state index in [0.717, 1.165) is 42.4 Å². The van der Waals surface area contributed by atoms with Crippen LogP contribution in [-0.4, -0.2) is 60.1 Å². The number of β-amino-alcohol motifs (C(OH)–C–C–N with tert-alkyl or cyclic N) is 1. The van der Waals surface area contributed by atoms with Gasteiger partial charge >= 0.3 is 0 Å². The van der Waals surface area contributed by atoms with Crippen LogP contribution in [0.4, 0.5) is 0 Å². The van der Waals surface area contributed by atoms with Crippen molar-refractivity contribution < 1.29 is 9.90 Å². The minimum atomic E-state index is 0.103. The highest BCUT2D eigenvalue weighted by Gasteiger charge is 2.20. The fourth-order valence-corrected chi connectivity index (χ4v) is 3.25. The van der Waals surface area contributed by atoms with Crippen LogP contribution in [0.1, 0.15) is 16.1 Å². The van der Waals surface area contributed by atoms with E-state index in [1.54, 1.807) is 0 Å². The van der Waals surface area contributed by atoms with Crippen molar-refractivity contribution >= 4 is 29.9 Å². The first-order valence-corrected chi connectivity index (χ1v) is 7.43. The maximum Gasteiger partial charge on any atom is 0.264 e. The van der Waals surface area contributed by atoms with Crippen LogP contribution >= 0.6 is 24.0 Å². The second-order valence-corrected chi connectivity index (χ2v) is 5.81. The summed E-state index contributed by atoms with van der Waals surface area (Å²) in [6.07, 6.45) is 0.963. The number of hydrogen-bond acceptors (Lipinski definition) is 5. The first-order chi connectivity index (χ1) is 8.70. The molecule has 0 aliphatic carbocycles. The number of hydrogen-bond donors (Lipinski definition) is 2.